The van der Waals surface area contributed by atoms with Crippen LogP contribution in [-0.2, 0) is 27.7 Å². The van der Waals surface area contributed by atoms with E-state index >= 15 is 0 Å². The number of aryl methyl sites for hydroxylation is 2. The van der Waals surface area contributed by atoms with Gasteiger partial charge in [0.15, 0.2) is 0 Å². The van der Waals surface area contributed by atoms with Crippen LogP contribution in [0.25, 0.3) is 0 Å². The summed E-state index contributed by atoms with van der Waals surface area (Å²) < 4.78 is 38.0. The summed E-state index contributed by atoms with van der Waals surface area (Å²) >= 11 is 0. The first-order chi connectivity index (χ1) is 21.1. The number of hydrogen-bond acceptors (Lipinski definition) is 5. The maximum atomic E-state index is 13.6. The number of aliphatic hydroxyl groups excluding tert-OH is 2. The van der Waals surface area contributed by atoms with E-state index in [2.05, 4.69) is 24.3 Å². The van der Waals surface area contributed by atoms with Gasteiger partial charge in [0, 0.05) is 25.9 Å². The number of hydrogen-bond donors (Lipinski definition) is 2. The maximum Gasteiger partial charge on any atom is 0.233 e. The van der Waals surface area contributed by atoms with Gasteiger partial charge in [0.05, 0.1) is 24.3 Å². The molecule has 2 N–H and O–H groups in total. The van der Waals surface area contributed by atoms with E-state index in [1.54, 1.807) is 19.2 Å². The minimum Gasteiger partial charge on any atom is -0.396 e. The Morgan fingerprint density at radius 1 is 0.864 bits per heavy atom. The van der Waals surface area contributed by atoms with Crippen LogP contribution in [0.15, 0.2) is 72.8 Å². The van der Waals surface area contributed by atoms with Crippen molar-refractivity contribution in [2.45, 2.75) is 69.9 Å². The lowest BCUT2D eigenvalue weighted by Crippen LogP contribution is -2.55. The van der Waals surface area contributed by atoms with Crippen LogP contribution >= 0.6 is 0 Å². The van der Waals surface area contributed by atoms with E-state index in [1.807, 2.05) is 29.2 Å². The molecule has 0 aliphatic carbocycles. The van der Waals surface area contributed by atoms with Crippen molar-refractivity contribution in [1.82, 2.24) is 4.31 Å². The van der Waals surface area contributed by atoms with Gasteiger partial charge in [-0.15, -0.1) is 0 Å². The molecular formula is C35H45FN2O5S. The van der Waals surface area contributed by atoms with E-state index in [1.165, 1.54) is 28.3 Å². The number of aliphatic hydroxyl groups is 2. The molecule has 44 heavy (non-hydrogen) atoms. The van der Waals surface area contributed by atoms with Crippen molar-refractivity contribution in [2.75, 3.05) is 31.4 Å². The van der Waals surface area contributed by atoms with E-state index in [9.17, 15) is 22.7 Å². The Labute approximate surface area is 261 Å². The molecule has 1 unspecified atom stereocenters. The lowest BCUT2D eigenvalue weighted by molar-refractivity contribution is -0.131. The average Bonchev–Trinajstić information content (AvgIpc) is 3.00. The van der Waals surface area contributed by atoms with Crippen molar-refractivity contribution in [2.24, 2.45) is 5.92 Å². The van der Waals surface area contributed by atoms with Gasteiger partial charge in [-0.25, -0.2) is 17.1 Å². The Kier molecular flexibility index (Phi) is 12.1. The van der Waals surface area contributed by atoms with Gasteiger partial charge in [-0.2, -0.15) is 0 Å². The average molecular weight is 625 g/mol. The van der Waals surface area contributed by atoms with Gasteiger partial charge in [0.1, 0.15) is 5.82 Å². The number of benzene rings is 3. The predicted octanol–water partition coefficient (Wildman–Crippen LogP) is 5.96. The fourth-order valence-corrected chi connectivity index (χ4v) is 6.32. The molecule has 9 heteroatoms. The van der Waals surface area contributed by atoms with Crippen LogP contribution in [0.1, 0.15) is 79.3 Å². The normalized spacial score (nSPS) is 17.6. The third kappa shape index (κ3) is 8.97. The number of rotatable bonds is 17. The number of sulfonamides is 1. The molecule has 1 heterocycles. The Morgan fingerprint density at radius 2 is 1.45 bits per heavy atom. The Bertz CT molecular complexity index is 1450. The van der Waals surface area contributed by atoms with Crippen LogP contribution in [0.5, 0.6) is 0 Å². The molecule has 1 fully saturated rings. The number of amides is 1. The minimum absolute atomic E-state index is 0.0109. The monoisotopic (exact) mass is 624 g/mol. The largest absolute Gasteiger partial charge is 0.396 e. The molecule has 1 amide bonds. The maximum absolute atomic E-state index is 13.6. The summed E-state index contributed by atoms with van der Waals surface area (Å²) in [6.07, 6.45) is 7.69. The van der Waals surface area contributed by atoms with E-state index in [0.717, 1.165) is 55.3 Å². The molecule has 4 rings (SSSR count). The number of nitrogens with zero attached hydrogens (tertiary/aromatic N) is 2. The van der Waals surface area contributed by atoms with Crippen LogP contribution in [0.2, 0.25) is 0 Å². The van der Waals surface area contributed by atoms with Crippen molar-refractivity contribution in [3.8, 4) is 0 Å². The molecule has 1 saturated heterocycles. The first kappa shape index (κ1) is 33.8. The van der Waals surface area contributed by atoms with Crippen LogP contribution in [0.3, 0.4) is 0 Å². The van der Waals surface area contributed by atoms with E-state index < -0.39 is 16.1 Å². The van der Waals surface area contributed by atoms with Crippen molar-refractivity contribution < 1.29 is 27.8 Å². The molecular weight excluding hydrogens is 579 g/mol. The first-order valence-electron chi connectivity index (χ1n) is 15.5. The third-order valence-corrected chi connectivity index (χ3v) is 9.95. The summed E-state index contributed by atoms with van der Waals surface area (Å²) in [5, 5.41) is 19.8. The number of carbonyl (C=O) groups excluding carboxylic acids is 1. The van der Waals surface area contributed by atoms with E-state index in [-0.39, 0.29) is 30.3 Å². The van der Waals surface area contributed by atoms with Gasteiger partial charge in [-0.1, -0.05) is 61.4 Å². The zero-order valence-corrected chi connectivity index (χ0v) is 26.6. The summed E-state index contributed by atoms with van der Waals surface area (Å²) in [7, 11) is -1.63. The quantitative estimate of drug-likeness (QED) is 0.143. The summed E-state index contributed by atoms with van der Waals surface area (Å²) in [5.74, 6) is -0.635. The number of unbranched alkanes of at least 4 members (excludes halogenated alkanes) is 3. The summed E-state index contributed by atoms with van der Waals surface area (Å²) in [4.78, 5) is 15.4. The Balaban J connectivity index is 1.45. The fourth-order valence-electron chi connectivity index (χ4n) is 5.86. The van der Waals surface area contributed by atoms with E-state index in [4.69, 9.17) is 5.11 Å². The highest BCUT2D eigenvalue weighted by Crippen LogP contribution is 2.46. The number of anilines is 1. The first-order valence-corrected chi connectivity index (χ1v) is 17.4. The number of carbonyl (C=O) groups is 1. The van der Waals surface area contributed by atoms with Gasteiger partial charge >= 0.3 is 0 Å². The highest BCUT2D eigenvalue weighted by atomic mass is 32.2. The predicted molar refractivity (Wildman–Crippen MR) is 172 cm³/mol. The zero-order valence-electron chi connectivity index (χ0n) is 25.7. The van der Waals surface area contributed by atoms with Gasteiger partial charge in [-0.3, -0.25) is 4.79 Å². The molecule has 3 aromatic carbocycles. The molecule has 1 aliphatic heterocycles. The molecule has 0 aromatic heterocycles. The van der Waals surface area contributed by atoms with Crippen LogP contribution < -0.4 is 4.90 Å². The SMILES string of the molecule is CN(CCCc1ccc(N2C(=O)C(CC[C@H](O)c3ccc(F)cc3)[C@H]2c2ccc(CCCCCCO)cc2)cc1)S(C)(=O)=O. The van der Waals surface area contributed by atoms with Crippen LogP contribution in [0.4, 0.5) is 10.1 Å². The molecule has 0 bridgehead atoms. The summed E-state index contributed by atoms with van der Waals surface area (Å²) in [5.41, 5.74) is 4.79. The minimum atomic E-state index is -3.20. The van der Waals surface area contributed by atoms with E-state index in [0.29, 0.717) is 31.4 Å². The summed E-state index contributed by atoms with van der Waals surface area (Å²) in [6.45, 7) is 0.677. The molecule has 0 saturated carbocycles. The standard InChI is InChI=1S/C35H45FN2O5S/c1-37(44(2,42)43)24-7-9-27-12-20-31(21-13-27)38-34(29-14-10-26(11-15-29)8-5-3-4-6-25-39)32(35(38)41)22-23-33(40)28-16-18-30(36)19-17-28/h10-21,32-34,39-40H,3-9,22-25H2,1-2H3/t32?,33-,34+/m0/s1. The fraction of sp³-hybridized carbons (Fsp3) is 0.457. The second-order valence-electron chi connectivity index (χ2n) is 11.9. The second kappa shape index (κ2) is 15.8. The Hall–Kier alpha value is -3.11. The lowest BCUT2D eigenvalue weighted by atomic mass is 9.78. The van der Waals surface area contributed by atoms with Crippen molar-refractivity contribution in [3.05, 3.63) is 101 Å². The van der Waals surface area contributed by atoms with Gasteiger partial charge in [0.25, 0.3) is 0 Å². The molecule has 0 radical (unpaired) electrons. The van der Waals surface area contributed by atoms with Crippen LogP contribution in [-0.4, -0.2) is 55.3 Å². The number of β-lactam (4-membered cyclic amide) rings is 1. The highest BCUT2D eigenvalue weighted by molar-refractivity contribution is 7.88. The van der Waals surface area contributed by atoms with Gasteiger partial charge < -0.3 is 15.1 Å². The lowest BCUT2D eigenvalue weighted by Gasteiger charge is -2.48. The molecule has 3 aromatic rings. The number of halogens is 1. The second-order valence-corrected chi connectivity index (χ2v) is 14.0. The van der Waals surface area contributed by atoms with Crippen molar-refractivity contribution in [1.29, 1.82) is 0 Å². The van der Waals surface area contributed by atoms with Gasteiger partial charge in [0.2, 0.25) is 15.9 Å². The smallest absolute Gasteiger partial charge is 0.233 e. The van der Waals surface area contributed by atoms with Gasteiger partial charge in [-0.05, 0) is 91.5 Å². The van der Waals surface area contributed by atoms with Crippen molar-refractivity contribution >= 4 is 21.6 Å². The highest BCUT2D eigenvalue weighted by Gasteiger charge is 2.48. The Morgan fingerprint density at radius 3 is 2.07 bits per heavy atom. The van der Waals surface area contributed by atoms with Crippen LogP contribution in [0, 0.1) is 11.7 Å². The molecule has 3 atom stereocenters. The van der Waals surface area contributed by atoms with Crippen molar-refractivity contribution in [3.63, 3.8) is 0 Å². The zero-order chi connectivity index (χ0) is 31.7. The molecule has 7 nitrogen and oxygen atoms in total. The molecule has 0 spiro atoms. The molecule has 238 valence electrons. The summed E-state index contributed by atoms with van der Waals surface area (Å²) in [6, 6.07) is 22.0. The third-order valence-electron chi connectivity index (χ3n) is 8.63. The topological polar surface area (TPSA) is 98.2 Å². The molecule has 1 aliphatic rings.